The van der Waals surface area contributed by atoms with Gasteiger partial charge < -0.3 is 10.6 Å². The van der Waals surface area contributed by atoms with E-state index in [1.54, 1.807) is 0 Å². The van der Waals surface area contributed by atoms with E-state index >= 15 is 0 Å². The summed E-state index contributed by atoms with van der Waals surface area (Å²) >= 11 is 0. The van der Waals surface area contributed by atoms with Crippen LogP contribution in [0.2, 0.25) is 0 Å². The maximum Gasteiger partial charge on any atom is 0.237 e. The van der Waals surface area contributed by atoms with E-state index in [0.717, 1.165) is 19.4 Å². The van der Waals surface area contributed by atoms with Gasteiger partial charge in [-0.2, -0.15) is 0 Å². The fourth-order valence-corrected chi connectivity index (χ4v) is 2.87. The third-order valence-electron chi connectivity index (χ3n) is 4.84. The normalized spacial score (nSPS) is 24.6. The van der Waals surface area contributed by atoms with Crippen molar-refractivity contribution in [2.75, 3.05) is 6.54 Å². The molecule has 0 aromatic heterocycles. The predicted molar refractivity (Wildman–Crippen MR) is 74.4 cm³/mol. The fourth-order valence-electron chi connectivity index (χ4n) is 2.87. The second-order valence-electron chi connectivity index (χ2n) is 6.30. The van der Waals surface area contributed by atoms with Crippen molar-refractivity contribution in [1.29, 1.82) is 0 Å². The standard InChI is InChI=1S/C15H28N2O/c1-3-15(9-10-15)11-16-12(2)14(18)17-13-7-5-4-6-8-13/h12-13,16H,3-11H2,1-2H3,(H,17,18). The zero-order chi connectivity index (χ0) is 13.0. The molecule has 0 heterocycles. The lowest BCUT2D eigenvalue weighted by Gasteiger charge is -2.25. The molecule has 2 aliphatic rings. The molecule has 3 heteroatoms. The molecule has 0 spiro atoms. The first-order chi connectivity index (χ1) is 8.65. The predicted octanol–water partition coefficient (Wildman–Crippen LogP) is 2.60. The summed E-state index contributed by atoms with van der Waals surface area (Å²) in [5.41, 5.74) is 0.513. The lowest BCUT2D eigenvalue weighted by molar-refractivity contribution is -0.123. The van der Waals surface area contributed by atoms with Crippen LogP contribution in [0.25, 0.3) is 0 Å². The Morgan fingerprint density at radius 3 is 2.50 bits per heavy atom. The second-order valence-corrected chi connectivity index (χ2v) is 6.30. The van der Waals surface area contributed by atoms with Crippen LogP contribution in [-0.2, 0) is 4.79 Å². The monoisotopic (exact) mass is 252 g/mol. The molecular formula is C15H28N2O. The molecule has 2 saturated carbocycles. The van der Waals surface area contributed by atoms with Crippen molar-refractivity contribution in [2.45, 2.75) is 77.3 Å². The van der Waals surface area contributed by atoms with Gasteiger partial charge in [0.1, 0.15) is 0 Å². The molecule has 1 unspecified atom stereocenters. The molecule has 0 radical (unpaired) electrons. The van der Waals surface area contributed by atoms with Crippen LogP contribution in [0.5, 0.6) is 0 Å². The Balaban J connectivity index is 1.67. The average molecular weight is 252 g/mol. The van der Waals surface area contributed by atoms with Crippen molar-refractivity contribution in [3.63, 3.8) is 0 Å². The quantitative estimate of drug-likeness (QED) is 0.763. The Hall–Kier alpha value is -0.570. The van der Waals surface area contributed by atoms with Gasteiger partial charge in [0.15, 0.2) is 0 Å². The third-order valence-corrected chi connectivity index (χ3v) is 4.84. The van der Waals surface area contributed by atoms with E-state index in [-0.39, 0.29) is 11.9 Å². The fraction of sp³-hybridized carbons (Fsp3) is 0.933. The van der Waals surface area contributed by atoms with Crippen LogP contribution in [0.15, 0.2) is 0 Å². The maximum absolute atomic E-state index is 12.1. The highest BCUT2D eigenvalue weighted by Crippen LogP contribution is 2.47. The molecule has 0 aliphatic heterocycles. The van der Waals surface area contributed by atoms with E-state index in [1.807, 2.05) is 6.92 Å². The number of carbonyl (C=O) groups is 1. The Kier molecular flexibility index (Phi) is 4.66. The molecule has 104 valence electrons. The van der Waals surface area contributed by atoms with Crippen LogP contribution in [-0.4, -0.2) is 24.5 Å². The van der Waals surface area contributed by atoms with Crippen molar-refractivity contribution in [2.24, 2.45) is 5.41 Å². The smallest absolute Gasteiger partial charge is 0.237 e. The summed E-state index contributed by atoms with van der Waals surface area (Å²) in [6.45, 7) is 5.24. The molecule has 0 saturated heterocycles. The van der Waals surface area contributed by atoms with Gasteiger partial charge in [-0.15, -0.1) is 0 Å². The van der Waals surface area contributed by atoms with Gasteiger partial charge in [0.2, 0.25) is 5.91 Å². The minimum absolute atomic E-state index is 0.0454. The highest BCUT2D eigenvalue weighted by Gasteiger charge is 2.40. The summed E-state index contributed by atoms with van der Waals surface area (Å²) in [6, 6.07) is 0.382. The Morgan fingerprint density at radius 1 is 1.28 bits per heavy atom. The summed E-state index contributed by atoms with van der Waals surface area (Å²) in [5.74, 6) is 0.189. The number of rotatable bonds is 6. The molecular weight excluding hydrogens is 224 g/mol. The highest BCUT2D eigenvalue weighted by atomic mass is 16.2. The van der Waals surface area contributed by atoms with Crippen LogP contribution in [0.3, 0.4) is 0 Å². The van der Waals surface area contributed by atoms with Gasteiger partial charge in [0, 0.05) is 12.6 Å². The number of hydrogen-bond donors (Lipinski definition) is 2. The zero-order valence-corrected chi connectivity index (χ0v) is 11.9. The molecule has 0 aromatic carbocycles. The number of carbonyl (C=O) groups excluding carboxylic acids is 1. The summed E-state index contributed by atoms with van der Waals surface area (Å²) in [4.78, 5) is 12.1. The lowest BCUT2D eigenvalue weighted by atomic mass is 9.95. The summed E-state index contributed by atoms with van der Waals surface area (Å²) in [5, 5.41) is 6.61. The molecule has 1 atom stereocenters. The topological polar surface area (TPSA) is 41.1 Å². The Bertz CT molecular complexity index is 280. The molecule has 2 fully saturated rings. The summed E-state index contributed by atoms with van der Waals surface area (Å²) in [6.07, 6.45) is 10.1. The van der Waals surface area contributed by atoms with E-state index in [9.17, 15) is 4.79 Å². The third kappa shape index (κ3) is 3.71. The van der Waals surface area contributed by atoms with Gasteiger partial charge in [-0.05, 0) is 44.4 Å². The molecule has 2 rings (SSSR count). The Morgan fingerprint density at radius 2 is 1.94 bits per heavy atom. The Labute approximate surface area is 111 Å². The van der Waals surface area contributed by atoms with Crippen molar-refractivity contribution in [1.82, 2.24) is 10.6 Å². The van der Waals surface area contributed by atoms with E-state index in [0.29, 0.717) is 11.5 Å². The van der Waals surface area contributed by atoms with Gasteiger partial charge >= 0.3 is 0 Å². The molecule has 3 nitrogen and oxygen atoms in total. The highest BCUT2D eigenvalue weighted by molar-refractivity contribution is 5.81. The summed E-state index contributed by atoms with van der Waals surface area (Å²) < 4.78 is 0. The van der Waals surface area contributed by atoms with Gasteiger partial charge in [0.05, 0.1) is 6.04 Å². The molecule has 18 heavy (non-hydrogen) atoms. The number of hydrogen-bond acceptors (Lipinski definition) is 2. The van der Waals surface area contributed by atoms with Crippen LogP contribution in [0, 0.1) is 5.41 Å². The average Bonchev–Trinajstić information content (AvgIpc) is 3.18. The zero-order valence-electron chi connectivity index (χ0n) is 11.9. The molecule has 0 bridgehead atoms. The second kappa shape index (κ2) is 6.05. The molecule has 0 aromatic rings. The van der Waals surface area contributed by atoms with E-state index in [2.05, 4.69) is 17.6 Å². The summed E-state index contributed by atoms with van der Waals surface area (Å²) in [7, 11) is 0. The molecule has 2 N–H and O–H groups in total. The number of amides is 1. The van der Waals surface area contributed by atoms with Crippen molar-refractivity contribution < 1.29 is 4.79 Å². The minimum atomic E-state index is -0.0454. The first kappa shape index (κ1) is 13.9. The van der Waals surface area contributed by atoms with Crippen molar-refractivity contribution >= 4 is 5.91 Å². The van der Waals surface area contributed by atoms with Crippen LogP contribution in [0.4, 0.5) is 0 Å². The van der Waals surface area contributed by atoms with Crippen LogP contribution < -0.4 is 10.6 Å². The van der Waals surface area contributed by atoms with Gasteiger partial charge in [-0.1, -0.05) is 26.2 Å². The maximum atomic E-state index is 12.1. The number of nitrogens with one attached hydrogen (secondary N) is 2. The largest absolute Gasteiger partial charge is 0.352 e. The van der Waals surface area contributed by atoms with Crippen LogP contribution >= 0.6 is 0 Å². The van der Waals surface area contributed by atoms with Crippen LogP contribution in [0.1, 0.15) is 65.2 Å². The molecule has 2 aliphatic carbocycles. The van der Waals surface area contributed by atoms with Gasteiger partial charge in [0.25, 0.3) is 0 Å². The van der Waals surface area contributed by atoms with Crippen molar-refractivity contribution in [3.8, 4) is 0 Å². The van der Waals surface area contributed by atoms with Crippen molar-refractivity contribution in [3.05, 3.63) is 0 Å². The first-order valence-electron chi connectivity index (χ1n) is 7.69. The molecule has 1 amide bonds. The SMILES string of the molecule is CCC1(CNC(C)C(=O)NC2CCCCC2)CC1. The lowest BCUT2D eigenvalue weighted by Crippen LogP contribution is -2.48. The minimum Gasteiger partial charge on any atom is -0.352 e. The van der Waals surface area contributed by atoms with Gasteiger partial charge in [-0.3, -0.25) is 4.79 Å². The van der Waals surface area contributed by atoms with E-state index in [4.69, 9.17) is 0 Å². The van der Waals surface area contributed by atoms with E-state index < -0.39 is 0 Å². The first-order valence-corrected chi connectivity index (χ1v) is 7.69. The van der Waals surface area contributed by atoms with E-state index in [1.165, 1.54) is 38.5 Å². The van der Waals surface area contributed by atoms with Gasteiger partial charge in [-0.25, -0.2) is 0 Å².